The van der Waals surface area contributed by atoms with Crippen molar-refractivity contribution in [2.45, 2.75) is 59.5 Å². The Kier molecular flexibility index (Phi) is 8.18. The first-order valence-electron chi connectivity index (χ1n) is 12.4. The highest BCUT2D eigenvalue weighted by Crippen LogP contribution is 2.46. The van der Waals surface area contributed by atoms with E-state index in [0.29, 0.717) is 12.1 Å². The molecule has 1 heterocycles. The van der Waals surface area contributed by atoms with Crippen molar-refractivity contribution >= 4 is 23.4 Å². The molecule has 3 rings (SSSR count). The summed E-state index contributed by atoms with van der Waals surface area (Å²) in [6.07, 6.45) is 5.24. The number of aliphatic hydroxyl groups excluding tert-OH is 1. The number of carbonyl (C=O) groups is 3. The van der Waals surface area contributed by atoms with Crippen LogP contribution in [0.25, 0.3) is 0 Å². The van der Waals surface area contributed by atoms with Crippen LogP contribution in [-0.2, 0) is 14.4 Å². The van der Waals surface area contributed by atoms with Gasteiger partial charge < -0.3 is 20.6 Å². The second-order valence-corrected chi connectivity index (χ2v) is 10.2. The fourth-order valence-corrected chi connectivity index (χ4v) is 5.65. The number of nitrogens with one attached hydrogen (secondary N) is 2. The quantitative estimate of drug-likeness (QED) is 0.510. The zero-order chi connectivity index (χ0) is 25.2. The standard InChI is InChI=1S/C27H39N3O4/c1-7-18-10-11-20-23(22(18)25(32)28-6)27(34)30(19(14-31)12-15(2)3)24(20)26(33)29-21-13-16(4)8-9-17(21)5/h8-11,13,15,18-20,22-24,31H,7,12,14H2,1-6H3,(H,28,32)(H,29,33)/t18-,19-,20+,22-,23+,24+/m1/s1. The van der Waals surface area contributed by atoms with Gasteiger partial charge >= 0.3 is 0 Å². The van der Waals surface area contributed by atoms with Gasteiger partial charge in [0.05, 0.1) is 24.5 Å². The molecule has 0 radical (unpaired) electrons. The van der Waals surface area contributed by atoms with Crippen LogP contribution in [0, 0.1) is 43.4 Å². The average Bonchev–Trinajstić information content (AvgIpc) is 3.10. The lowest BCUT2D eigenvalue weighted by Gasteiger charge is -2.34. The lowest BCUT2D eigenvalue weighted by molar-refractivity contribution is -0.143. The largest absolute Gasteiger partial charge is 0.394 e. The summed E-state index contributed by atoms with van der Waals surface area (Å²) in [5.74, 6) is -2.16. The van der Waals surface area contributed by atoms with Crippen molar-refractivity contribution in [1.82, 2.24) is 10.2 Å². The van der Waals surface area contributed by atoms with Gasteiger partial charge in [0.15, 0.2) is 0 Å². The smallest absolute Gasteiger partial charge is 0.247 e. The van der Waals surface area contributed by atoms with Gasteiger partial charge in [-0.15, -0.1) is 0 Å². The van der Waals surface area contributed by atoms with Gasteiger partial charge in [0.2, 0.25) is 17.7 Å². The van der Waals surface area contributed by atoms with E-state index in [9.17, 15) is 19.5 Å². The summed E-state index contributed by atoms with van der Waals surface area (Å²) in [5.41, 5.74) is 2.66. The molecule has 1 aromatic carbocycles. The summed E-state index contributed by atoms with van der Waals surface area (Å²) in [7, 11) is 1.58. The minimum absolute atomic E-state index is 0.0782. The first kappa shape index (κ1) is 25.9. The molecule has 1 saturated heterocycles. The Morgan fingerprint density at radius 1 is 1.15 bits per heavy atom. The van der Waals surface area contributed by atoms with E-state index in [-0.39, 0.29) is 36.2 Å². The molecule has 6 atom stereocenters. The second-order valence-electron chi connectivity index (χ2n) is 10.2. The highest BCUT2D eigenvalue weighted by Gasteiger charge is 2.58. The topological polar surface area (TPSA) is 98.7 Å². The number of rotatable bonds is 8. The summed E-state index contributed by atoms with van der Waals surface area (Å²) >= 11 is 0. The van der Waals surface area contributed by atoms with Gasteiger partial charge in [0.25, 0.3) is 0 Å². The Balaban J connectivity index is 2.07. The van der Waals surface area contributed by atoms with Crippen molar-refractivity contribution in [3.8, 4) is 0 Å². The molecule has 186 valence electrons. The lowest BCUT2D eigenvalue weighted by atomic mass is 9.69. The van der Waals surface area contributed by atoms with Crippen molar-refractivity contribution in [2.75, 3.05) is 19.0 Å². The molecule has 0 spiro atoms. The van der Waals surface area contributed by atoms with E-state index < -0.39 is 29.8 Å². The molecule has 1 aliphatic carbocycles. The average molecular weight is 470 g/mol. The van der Waals surface area contributed by atoms with E-state index >= 15 is 0 Å². The van der Waals surface area contributed by atoms with E-state index in [2.05, 4.69) is 10.6 Å². The lowest BCUT2D eigenvalue weighted by Crippen LogP contribution is -2.51. The molecular formula is C27H39N3O4. The summed E-state index contributed by atoms with van der Waals surface area (Å²) in [6, 6.07) is 4.57. The second kappa shape index (κ2) is 10.7. The number of hydrogen-bond acceptors (Lipinski definition) is 4. The third-order valence-corrected chi connectivity index (χ3v) is 7.34. The number of nitrogens with zero attached hydrogens (tertiary/aromatic N) is 1. The predicted molar refractivity (Wildman–Crippen MR) is 133 cm³/mol. The van der Waals surface area contributed by atoms with Crippen LogP contribution in [0.5, 0.6) is 0 Å². The molecule has 1 aliphatic heterocycles. The number of amides is 3. The van der Waals surface area contributed by atoms with E-state index in [1.807, 2.05) is 65.0 Å². The fraction of sp³-hybridized carbons (Fsp3) is 0.593. The third-order valence-electron chi connectivity index (χ3n) is 7.34. The van der Waals surface area contributed by atoms with Crippen LogP contribution in [0.15, 0.2) is 30.4 Å². The van der Waals surface area contributed by atoms with Crippen LogP contribution >= 0.6 is 0 Å². The molecule has 1 aromatic rings. The van der Waals surface area contributed by atoms with E-state index in [1.54, 1.807) is 11.9 Å². The molecule has 3 amide bonds. The number of aryl methyl sites for hydroxylation is 2. The Morgan fingerprint density at radius 3 is 2.44 bits per heavy atom. The van der Waals surface area contributed by atoms with E-state index in [4.69, 9.17) is 0 Å². The van der Waals surface area contributed by atoms with Crippen LogP contribution in [0.3, 0.4) is 0 Å². The van der Waals surface area contributed by atoms with Crippen LogP contribution < -0.4 is 10.6 Å². The first-order chi connectivity index (χ1) is 16.1. The highest BCUT2D eigenvalue weighted by atomic mass is 16.3. The van der Waals surface area contributed by atoms with Gasteiger partial charge in [0.1, 0.15) is 6.04 Å². The van der Waals surface area contributed by atoms with Gasteiger partial charge in [-0.25, -0.2) is 0 Å². The van der Waals surface area contributed by atoms with Gasteiger partial charge in [-0.1, -0.05) is 45.1 Å². The van der Waals surface area contributed by atoms with Crippen molar-refractivity contribution in [1.29, 1.82) is 0 Å². The molecule has 2 aliphatic rings. The van der Waals surface area contributed by atoms with Crippen LogP contribution in [0.1, 0.15) is 44.7 Å². The van der Waals surface area contributed by atoms with Gasteiger partial charge in [-0.3, -0.25) is 14.4 Å². The van der Waals surface area contributed by atoms with Gasteiger partial charge in [0, 0.05) is 18.7 Å². The molecule has 3 N–H and O–H groups in total. The monoisotopic (exact) mass is 469 g/mol. The minimum atomic E-state index is -0.797. The van der Waals surface area contributed by atoms with Crippen molar-refractivity contribution in [3.63, 3.8) is 0 Å². The molecular weight excluding hydrogens is 430 g/mol. The normalized spacial score (nSPS) is 27.0. The Morgan fingerprint density at radius 2 is 1.85 bits per heavy atom. The molecule has 0 unspecified atom stereocenters. The summed E-state index contributed by atoms with van der Waals surface area (Å²) < 4.78 is 0. The number of carbonyl (C=O) groups excluding carboxylic acids is 3. The maximum absolute atomic E-state index is 13.9. The predicted octanol–water partition coefficient (Wildman–Crippen LogP) is 3.05. The third kappa shape index (κ3) is 4.90. The van der Waals surface area contributed by atoms with E-state index in [0.717, 1.165) is 17.5 Å². The van der Waals surface area contributed by atoms with Crippen molar-refractivity contribution in [3.05, 3.63) is 41.5 Å². The van der Waals surface area contributed by atoms with Crippen LogP contribution in [0.4, 0.5) is 5.69 Å². The molecule has 0 saturated carbocycles. The molecule has 7 nitrogen and oxygen atoms in total. The highest BCUT2D eigenvalue weighted by molar-refractivity contribution is 6.02. The molecule has 1 fully saturated rings. The fourth-order valence-electron chi connectivity index (χ4n) is 5.65. The first-order valence-corrected chi connectivity index (χ1v) is 12.4. The number of anilines is 1. The SMILES string of the molecule is CC[C@@H]1C=C[C@H]2[C@H](C(=O)N([C@@H](CO)CC(C)C)[C@@H]2C(=O)Nc2cc(C)ccc2C)[C@@H]1C(=O)NC. The van der Waals surface area contributed by atoms with Crippen LogP contribution in [0.2, 0.25) is 0 Å². The minimum Gasteiger partial charge on any atom is -0.394 e. The summed E-state index contributed by atoms with van der Waals surface area (Å²) in [6.45, 7) is 9.72. The maximum Gasteiger partial charge on any atom is 0.247 e. The molecule has 7 heteroatoms. The zero-order valence-corrected chi connectivity index (χ0v) is 21.2. The Labute approximate surface area is 203 Å². The van der Waals surface area contributed by atoms with Gasteiger partial charge in [-0.05, 0) is 55.7 Å². The molecule has 0 aromatic heterocycles. The molecule has 0 bridgehead atoms. The number of hydrogen-bond donors (Lipinski definition) is 3. The maximum atomic E-state index is 13.9. The Bertz CT molecular complexity index is 957. The van der Waals surface area contributed by atoms with Crippen molar-refractivity contribution in [2.24, 2.45) is 29.6 Å². The number of aliphatic hydroxyl groups is 1. The number of benzene rings is 1. The van der Waals surface area contributed by atoms with Crippen LogP contribution in [-0.4, -0.2) is 53.5 Å². The van der Waals surface area contributed by atoms with E-state index in [1.165, 1.54) is 0 Å². The number of likely N-dealkylation sites (tertiary alicyclic amines) is 1. The Hall–Kier alpha value is -2.67. The van der Waals surface area contributed by atoms with Gasteiger partial charge in [-0.2, -0.15) is 0 Å². The van der Waals surface area contributed by atoms with Crippen molar-refractivity contribution < 1.29 is 19.5 Å². The summed E-state index contributed by atoms with van der Waals surface area (Å²) in [5, 5.41) is 16.0. The number of allylic oxidation sites excluding steroid dienone is 1. The zero-order valence-electron chi connectivity index (χ0n) is 21.2. The molecule has 34 heavy (non-hydrogen) atoms. The summed E-state index contributed by atoms with van der Waals surface area (Å²) in [4.78, 5) is 42.2. The number of fused-ring (bicyclic) bond motifs is 1.